The first-order chi connectivity index (χ1) is 8.91. The Morgan fingerprint density at radius 3 is 1.94 bits per heavy atom. The average molecular weight is 258 g/mol. The van der Waals surface area contributed by atoms with Gasteiger partial charge in [0.25, 0.3) is 0 Å². The van der Waals surface area contributed by atoms with E-state index in [2.05, 4.69) is 6.92 Å². The van der Waals surface area contributed by atoms with Gasteiger partial charge in [0.2, 0.25) is 0 Å². The van der Waals surface area contributed by atoms with E-state index in [1.165, 1.54) is 32.1 Å². The summed E-state index contributed by atoms with van der Waals surface area (Å²) in [6.07, 6.45) is 12.5. The first-order valence-electron chi connectivity index (χ1n) is 7.51. The van der Waals surface area contributed by atoms with Crippen LogP contribution >= 0.6 is 0 Å². The summed E-state index contributed by atoms with van der Waals surface area (Å²) in [4.78, 5) is 10.1. The molecule has 0 N–H and O–H groups in total. The quantitative estimate of drug-likeness (QED) is 0.252. The van der Waals surface area contributed by atoms with E-state index in [1.54, 1.807) is 0 Å². The maximum Gasteiger partial charge on any atom is 0.146 e. The number of unbranched alkanes of at least 4 members (excludes halogenated alkanes) is 8. The highest BCUT2D eigenvalue weighted by Gasteiger charge is 1.92. The summed E-state index contributed by atoms with van der Waals surface area (Å²) >= 11 is 0. The smallest absolute Gasteiger partial charge is 0.146 e. The Morgan fingerprint density at radius 2 is 1.33 bits per heavy atom. The van der Waals surface area contributed by atoms with Crippen LogP contribution in [-0.2, 0) is 14.3 Å². The summed E-state index contributed by atoms with van der Waals surface area (Å²) in [5.74, 6) is 0. The molecule has 0 atom stereocenters. The lowest BCUT2D eigenvalue weighted by atomic mass is 10.1. The maximum absolute atomic E-state index is 10.1. The highest BCUT2D eigenvalue weighted by Crippen LogP contribution is 2.05. The number of ether oxygens (including phenoxy) is 2. The fraction of sp³-hybridized carbons (Fsp3) is 0.933. The molecular weight excluding hydrogens is 228 g/mol. The van der Waals surface area contributed by atoms with E-state index in [1.807, 2.05) is 0 Å². The lowest BCUT2D eigenvalue weighted by Gasteiger charge is -2.05. The van der Waals surface area contributed by atoms with Crippen LogP contribution < -0.4 is 0 Å². The van der Waals surface area contributed by atoms with Gasteiger partial charge in [-0.25, -0.2) is 0 Å². The lowest BCUT2D eigenvalue weighted by Crippen LogP contribution is -2.03. The molecule has 18 heavy (non-hydrogen) atoms. The molecule has 0 aromatic heterocycles. The third-order valence-electron chi connectivity index (χ3n) is 2.92. The van der Waals surface area contributed by atoms with Gasteiger partial charge >= 0.3 is 0 Å². The van der Waals surface area contributed by atoms with Gasteiger partial charge in [-0.3, -0.25) is 0 Å². The van der Waals surface area contributed by atoms with Crippen LogP contribution in [0.25, 0.3) is 0 Å². The SMILES string of the molecule is CCCCCCCCOCOCCCCCC=O. The summed E-state index contributed by atoms with van der Waals surface area (Å²) in [6, 6.07) is 0. The molecule has 3 heteroatoms. The molecule has 3 nitrogen and oxygen atoms in total. The van der Waals surface area contributed by atoms with E-state index in [-0.39, 0.29) is 0 Å². The first-order valence-corrected chi connectivity index (χ1v) is 7.51. The molecule has 0 aliphatic rings. The second-order valence-corrected chi connectivity index (χ2v) is 4.72. The summed E-state index contributed by atoms with van der Waals surface area (Å²) in [5.41, 5.74) is 0. The molecule has 0 rings (SSSR count). The zero-order valence-corrected chi connectivity index (χ0v) is 12.0. The van der Waals surface area contributed by atoms with E-state index in [9.17, 15) is 4.79 Å². The standard InChI is InChI=1S/C15H30O3/c1-2-3-4-5-7-10-13-17-15-18-14-11-8-6-9-12-16/h12H,2-11,13-15H2,1H3. The molecule has 0 saturated carbocycles. The van der Waals surface area contributed by atoms with Gasteiger partial charge in [-0.15, -0.1) is 0 Å². The largest absolute Gasteiger partial charge is 0.355 e. The molecule has 0 aliphatic carbocycles. The average Bonchev–Trinajstić information content (AvgIpc) is 2.39. The van der Waals surface area contributed by atoms with Crippen molar-refractivity contribution in [2.24, 2.45) is 0 Å². The molecule has 0 amide bonds. The molecule has 0 aliphatic heterocycles. The summed E-state index contributed by atoms with van der Waals surface area (Å²) < 4.78 is 10.7. The van der Waals surface area contributed by atoms with Gasteiger partial charge < -0.3 is 14.3 Å². The van der Waals surface area contributed by atoms with Crippen LogP contribution in [0.4, 0.5) is 0 Å². The minimum Gasteiger partial charge on any atom is -0.355 e. The third kappa shape index (κ3) is 15.6. The Labute approximate surface area is 112 Å². The van der Waals surface area contributed by atoms with Crippen LogP contribution in [0, 0.1) is 0 Å². The van der Waals surface area contributed by atoms with Crippen molar-refractivity contribution in [1.82, 2.24) is 0 Å². The molecule has 0 aromatic rings. The predicted octanol–water partition coefficient (Wildman–Crippen LogP) is 4.10. The normalized spacial score (nSPS) is 10.7. The first kappa shape index (κ1) is 17.6. The van der Waals surface area contributed by atoms with E-state index in [0.717, 1.165) is 45.2 Å². The third-order valence-corrected chi connectivity index (χ3v) is 2.92. The summed E-state index contributed by atoms with van der Waals surface area (Å²) in [5, 5.41) is 0. The van der Waals surface area contributed by atoms with Crippen molar-refractivity contribution < 1.29 is 14.3 Å². The van der Waals surface area contributed by atoms with Crippen molar-refractivity contribution in [2.75, 3.05) is 20.0 Å². The van der Waals surface area contributed by atoms with Gasteiger partial charge in [-0.1, -0.05) is 45.4 Å². The minimum absolute atomic E-state index is 0.419. The van der Waals surface area contributed by atoms with Crippen molar-refractivity contribution in [3.8, 4) is 0 Å². The van der Waals surface area contributed by atoms with Crippen LogP contribution in [0.3, 0.4) is 0 Å². The Morgan fingerprint density at radius 1 is 0.778 bits per heavy atom. The molecule has 0 aromatic carbocycles. The van der Waals surface area contributed by atoms with Gasteiger partial charge in [0.1, 0.15) is 13.1 Å². The number of hydrogen-bond acceptors (Lipinski definition) is 3. The number of carbonyl (C=O) groups is 1. The highest BCUT2D eigenvalue weighted by atomic mass is 16.7. The Bertz CT molecular complexity index is 160. The Kier molecular flexibility index (Phi) is 16.2. The molecular formula is C15H30O3. The Balaban J connectivity index is 2.88. The van der Waals surface area contributed by atoms with Crippen LogP contribution in [-0.4, -0.2) is 26.3 Å². The van der Waals surface area contributed by atoms with Crippen molar-refractivity contribution in [1.29, 1.82) is 0 Å². The minimum atomic E-state index is 0.419. The fourth-order valence-corrected chi connectivity index (χ4v) is 1.77. The van der Waals surface area contributed by atoms with Crippen molar-refractivity contribution in [2.45, 2.75) is 71.1 Å². The lowest BCUT2D eigenvalue weighted by molar-refractivity contribution is -0.108. The van der Waals surface area contributed by atoms with Gasteiger partial charge in [0, 0.05) is 19.6 Å². The molecule has 108 valence electrons. The van der Waals surface area contributed by atoms with Gasteiger partial charge in [-0.05, 0) is 19.3 Å². The van der Waals surface area contributed by atoms with E-state index in [4.69, 9.17) is 9.47 Å². The molecule has 0 saturated heterocycles. The molecule has 0 heterocycles. The summed E-state index contributed by atoms with van der Waals surface area (Å²) in [7, 11) is 0. The fourth-order valence-electron chi connectivity index (χ4n) is 1.77. The number of aldehydes is 1. The maximum atomic E-state index is 10.1. The van der Waals surface area contributed by atoms with Crippen molar-refractivity contribution >= 4 is 6.29 Å². The van der Waals surface area contributed by atoms with Crippen LogP contribution in [0.1, 0.15) is 71.1 Å². The van der Waals surface area contributed by atoms with Crippen LogP contribution in [0.5, 0.6) is 0 Å². The molecule has 0 radical (unpaired) electrons. The highest BCUT2D eigenvalue weighted by molar-refractivity contribution is 5.48. The number of carbonyl (C=O) groups excluding carboxylic acids is 1. The topological polar surface area (TPSA) is 35.5 Å². The van der Waals surface area contributed by atoms with E-state index in [0.29, 0.717) is 13.2 Å². The number of hydrogen-bond donors (Lipinski definition) is 0. The molecule has 0 spiro atoms. The van der Waals surface area contributed by atoms with Crippen molar-refractivity contribution in [3.05, 3.63) is 0 Å². The predicted molar refractivity (Wildman–Crippen MR) is 74.7 cm³/mol. The van der Waals surface area contributed by atoms with Crippen molar-refractivity contribution in [3.63, 3.8) is 0 Å². The zero-order valence-electron chi connectivity index (χ0n) is 12.0. The zero-order chi connectivity index (χ0) is 13.3. The van der Waals surface area contributed by atoms with E-state index < -0.39 is 0 Å². The van der Waals surface area contributed by atoms with Crippen LogP contribution in [0.15, 0.2) is 0 Å². The van der Waals surface area contributed by atoms with Gasteiger partial charge in [-0.2, -0.15) is 0 Å². The molecule has 0 fully saturated rings. The monoisotopic (exact) mass is 258 g/mol. The second kappa shape index (κ2) is 16.6. The summed E-state index contributed by atoms with van der Waals surface area (Å²) in [6.45, 7) is 4.22. The van der Waals surface area contributed by atoms with Gasteiger partial charge in [0.15, 0.2) is 0 Å². The number of rotatable bonds is 15. The van der Waals surface area contributed by atoms with E-state index >= 15 is 0 Å². The van der Waals surface area contributed by atoms with Crippen LogP contribution in [0.2, 0.25) is 0 Å². The Hall–Kier alpha value is -0.410. The molecule has 0 unspecified atom stereocenters. The molecule has 0 bridgehead atoms. The second-order valence-electron chi connectivity index (χ2n) is 4.72. The van der Waals surface area contributed by atoms with Gasteiger partial charge in [0.05, 0.1) is 0 Å².